The number of nitrogens with one attached hydrogen (secondary N) is 1. The van der Waals surface area contributed by atoms with Gasteiger partial charge in [0.2, 0.25) is 5.91 Å². The second-order valence-corrected chi connectivity index (χ2v) is 5.72. The number of likely N-dealkylation sites (tertiary alicyclic amines) is 1. The Hall–Kier alpha value is -0.810. The van der Waals surface area contributed by atoms with Gasteiger partial charge in [0.25, 0.3) is 0 Å². The third-order valence-corrected chi connectivity index (χ3v) is 4.19. The molecule has 1 aliphatic heterocycles. The van der Waals surface area contributed by atoms with Gasteiger partial charge in [-0.25, -0.2) is 0 Å². The molecule has 110 valence electrons. The number of hydrogen-bond acceptors (Lipinski definition) is 3. The molecule has 0 bridgehead atoms. The number of amides is 1. The summed E-state index contributed by atoms with van der Waals surface area (Å²) in [6, 6.07) is 5.29. The lowest BCUT2D eigenvalue weighted by atomic mass is 10.2. The van der Waals surface area contributed by atoms with E-state index < -0.39 is 0 Å². The first-order valence-electron chi connectivity index (χ1n) is 6.70. The predicted molar refractivity (Wildman–Crippen MR) is 81.4 cm³/mol. The maximum absolute atomic E-state index is 12.0. The normalized spacial score (nSPS) is 19.2. The van der Waals surface area contributed by atoms with Crippen LogP contribution in [0.2, 0.25) is 10.0 Å². The summed E-state index contributed by atoms with van der Waals surface area (Å²) < 4.78 is 0. The van der Waals surface area contributed by atoms with Gasteiger partial charge in [0.1, 0.15) is 0 Å². The van der Waals surface area contributed by atoms with E-state index in [1.165, 1.54) is 0 Å². The molecule has 20 heavy (non-hydrogen) atoms. The number of rotatable bonds is 5. The minimum absolute atomic E-state index is 0.122. The standard InChI is InChI=1S/C14H18Cl2N2O2/c15-11-4-1-5-12(16)14(11)17-13(20)6-8-18-7-2-3-10(18)9-19/h1,4-5,10,19H,2-3,6-9H2,(H,17,20)/t10-/m0/s1. The van der Waals surface area contributed by atoms with Crippen LogP contribution >= 0.6 is 23.2 Å². The first kappa shape index (κ1) is 15.6. The van der Waals surface area contributed by atoms with Gasteiger partial charge in [-0.1, -0.05) is 29.3 Å². The lowest BCUT2D eigenvalue weighted by molar-refractivity contribution is -0.116. The Morgan fingerprint density at radius 3 is 2.75 bits per heavy atom. The van der Waals surface area contributed by atoms with Crippen LogP contribution in [0, 0.1) is 0 Å². The fraction of sp³-hybridized carbons (Fsp3) is 0.500. The smallest absolute Gasteiger partial charge is 0.225 e. The van der Waals surface area contributed by atoms with Gasteiger partial charge in [-0.05, 0) is 31.5 Å². The van der Waals surface area contributed by atoms with E-state index in [-0.39, 0.29) is 18.6 Å². The van der Waals surface area contributed by atoms with E-state index in [1.807, 2.05) is 0 Å². The van der Waals surface area contributed by atoms with E-state index in [2.05, 4.69) is 10.2 Å². The summed E-state index contributed by atoms with van der Waals surface area (Å²) in [6.45, 7) is 1.72. The van der Waals surface area contributed by atoms with Crippen LogP contribution in [0.25, 0.3) is 0 Å². The number of aliphatic hydroxyl groups is 1. The molecule has 1 aliphatic rings. The van der Waals surface area contributed by atoms with Crippen molar-refractivity contribution in [3.8, 4) is 0 Å². The molecular formula is C14H18Cl2N2O2. The van der Waals surface area contributed by atoms with Gasteiger partial charge in [-0.2, -0.15) is 0 Å². The lowest BCUT2D eigenvalue weighted by Crippen LogP contribution is -2.34. The van der Waals surface area contributed by atoms with Crippen molar-refractivity contribution in [3.63, 3.8) is 0 Å². The number of benzene rings is 1. The van der Waals surface area contributed by atoms with Crippen LogP contribution < -0.4 is 5.32 Å². The number of carbonyl (C=O) groups excluding carboxylic acids is 1. The van der Waals surface area contributed by atoms with Gasteiger partial charge in [0, 0.05) is 19.0 Å². The minimum Gasteiger partial charge on any atom is -0.395 e. The zero-order valence-electron chi connectivity index (χ0n) is 11.1. The average molecular weight is 317 g/mol. The van der Waals surface area contributed by atoms with Gasteiger partial charge in [0.15, 0.2) is 0 Å². The highest BCUT2D eigenvalue weighted by atomic mass is 35.5. The van der Waals surface area contributed by atoms with Crippen LogP contribution in [-0.2, 0) is 4.79 Å². The number of nitrogens with zero attached hydrogens (tertiary/aromatic N) is 1. The average Bonchev–Trinajstić information content (AvgIpc) is 2.88. The fourth-order valence-corrected chi connectivity index (χ4v) is 2.95. The van der Waals surface area contributed by atoms with Gasteiger partial charge < -0.3 is 10.4 Å². The van der Waals surface area contributed by atoms with Crippen molar-refractivity contribution in [2.45, 2.75) is 25.3 Å². The molecule has 0 radical (unpaired) electrons. The third kappa shape index (κ3) is 3.85. The molecular weight excluding hydrogens is 299 g/mol. The molecule has 1 heterocycles. The van der Waals surface area contributed by atoms with Gasteiger partial charge >= 0.3 is 0 Å². The van der Waals surface area contributed by atoms with Crippen molar-refractivity contribution < 1.29 is 9.90 Å². The van der Waals surface area contributed by atoms with Crippen LogP contribution in [0.4, 0.5) is 5.69 Å². The van der Waals surface area contributed by atoms with Crippen molar-refractivity contribution >= 4 is 34.8 Å². The zero-order chi connectivity index (χ0) is 14.5. The molecule has 0 aliphatic carbocycles. The monoisotopic (exact) mass is 316 g/mol. The van der Waals surface area contributed by atoms with Crippen molar-refractivity contribution in [1.82, 2.24) is 4.90 Å². The molecule has 4 nitrogen and oxygen atoms in total. The topological polar surface area (TPSA) is 52.6 Å². The molecule has 0 aromatic heterocycles. The van der Waals surface area contributed by atoms with E-state index in [1.54, 1.807) is 18.2 Å². The Bertz CT molecular complexity index is 462. The summed E-state index contributed by atoms with van der Waals surface area (Å²) in [7, 11) is 0. The van der Waals surface area contributed by atoms with Crippen LogP contribution in [0.1, 0.15) is 19.3 Å². The molecule has 0 spiro atoms. The second-order valence-electron chi connectivity index (χ2n) is 4.91. The summed E-state index contributed by atoms with van der Waals surface area (Å²) in [5.41, 5.74) is 0.459. The Morgan fingerprint density at radius 1 is 1.40 bits per heavy atom. The summed E-state index contributed by atoms with van der Waals surface area (Å²) >= 11 is 12.0. The zero-order valence-corrected chi connectivity index (χ0v) is 12.6. The second kappa shape index (κ2) is 7.27. The molecule has 0 saturated carbocycles. The molecule has 1 fully saturated rings. The van der Waals surface area contributed by atoms with E-state index in [0.717, 1.165) is 19.4 Å². The van der Waals surface area contributed by atoms with Crippen molar-refractivity contribution in [2.75, 3.05) is 25.0 Å². The van der Waals surface area contributed by atoms with Gasteiger partial charge in [0.05, 0.1) is 22.3 Å². The fourth-order valence-electron chi connectivity index (χ4n) is 2.46. The molecule has 1 aromatic carbocycles. The highest BCUT2D eigenvalue weighted by Gasteiger charge is 2.23. The first-order valence-corrected chi connectivity index (χ1v) is 7.46. The largest absolute Gasteiger partial charge is 0.395 e. The molecule has 1 atom stereocenters. The Balaban J connectivity index is 1.87. The number of para-hydroxylation sites is 1. The molecule has 2 rings (SSSR count). The summed E-state index contributed by atoms with van der Waals surface area (Å²) in [5, 5.41) is 12.8. The third-order valence-electron chi connectivity index (χ3n) is 3.56. The van der Waals surface area contributed by atoms with Gasteiger partial charge in [-0.15, -0.1) is 0 Å². The van der Waals surface area contributed by atoms with Gasteiger partial charge in [-0.3, -0.25) is 9.69 Å². The van der Waals surface area contributed by atoms with E-state index in [0.29, 0.717) is 28.7 Å². The highest BCUT2D eigenvalue weighted by Crippen LogP contribution is 2.29. The Morgan fingerprint density at radius 2 is 2.10 bits per heavy atom. The summed E-state index contributed by atoms with van der Waals surface area (Å²) in [5.74, 6) is -0.122. The molecule has 6 heteroatoms. The molecule has 0 unspecified atom stereocenters. The van der Waals surface area contributed by atoms with Crippen LogP contribution in [-0.4, -0.2) is 41.7 Å². The SMILES string of the molecule is O=C(CCN1CCC[C@H]1CO)Nc1c(Cl)cccc1Cl. The Labute approximate surface area is 128 Å². The maximum Gasteiger partial charge on any atom is 0.225 e. The Kier molecular flexibility index (Phi) is 5.66. The molecule has 1 aromatic rings. The number of hydrogen-bond donors (Lipinski definition) is 2. The van der Waals surface area contributed by atoms with Crippen LogP contribution in [0.15, 0.2) is 18.2 Å². The maximum atomic E-state index is 12.0. The summed E-state index contributed by atoms with van der Waals surface area (Å²) in [6.07, 6.45) is 2.43. The highest BCUT2D eigenvalue weighted by molar-refractivity contribution is 6.39. The first-order chi connectivity index (χ1) is 9.61. The number of anilines is 1. The molecule has 2 N–H and O–H groups in total. The van der Waals surface area contributed by atoms with E-state index in [9.17, 15) is 9.90 Å². The molecule has 1 amide bonds. The lowest BCUT2D eigenvalue weighted by Gasteiger charge is -2.22. The van der Waals surface area contributed by atoms with Crippen molar-refractivity contribution in [3.05, 3.63) is 28.2 Å². The van der Waals surface area contributed by atoms with Crippen LogP contribution in [0.3, 0.4) is 0 Å². The minimum atomic E-state index is -0.122. The summed E-state index contributed by atoms with van der Waals surface area (Å²) in [4.78, 5) is 14.1. The van der Waals surface area contributed by atoms with Crippen molar-refractivity contribution in [2.24, 2.45) is 0 Å². The number of carbonyl (C=O) groups is 1. The number of aliphatic hydroxyl groups excluding tert-OH is 1. The van der Waals surface area contributed by atoms with Crippen molar-refractivity contribution in [1.29, 1.82) is 0 Å². The molecule has 1 saturated heterocycles. The van der Waals surface area contributed by atoms with E-state index >= 15 is 0 Å². The van der Waals surface area contributed by atoms with Crippen LogP contribution in [0.5, 0.6) is 0 Å². The van der Waals surface area contributed by atoms with E-state index in [4.69, 9.17) is 23.2 Å². The number of halogens is 2. The predicted octanol–water partition coefficient (Wildman–Crippen LogP) is 2.78. The quantitative estimate of drug-likeness (QED) is 0.878.